The van der Waals surface area contributed by atoms with Gasteiger partial charge < -0.3 is 24.7 Å². The quantitative estimate of drug-likeness (QED) is 0.624. The number of likely N-dealkylation sites (N-methyl/N-ethyl adjacent to an activating group) is 1. The van der Waals surface area contributed by atoms with Crippen LogP contribution in [0.5, 0.6) is 17.2 Å². The number of hydrogen-bond donors (Lipinski definition) is 3. The summed E-state index contributed by atoms with van der Waals surface area (Å²) < 4.78 is 11.3. The summed E-state index contributed by atoms with van der Waals surface area (Å²) in [6.45, 7) is 0.813. The van der Waals surface area contributed by atoms with Crippen molar-refractivity contribution in [2.75, 3.05) is 20.2 Å². The highest BCUT2D eigenvalue weighted by Crippen LogP contribution is 2.40. The highest BCUT2D eigenvalue weighted by atomic mass is 16.5. The second-order valence-corrected chi connectivity index (χ2v) is 5.24. The molecule has 3 aromatic rings. The van der Waals surface area contributed by atoms with Gasteiger partial charge in [-0.1, -0.05) is 30.3 Å². The molecule has 3 N–H and O–H groups in total. The first kappa shape index (κ1) is 15.9. The van der Waals surface area contributed by atoms with Gasteiger partial charge in [0.1, 0.15) is 23.5 Å². The lowest BCUT2D eigenvalue weighted by molar-refractivity contribution is 0.298. The van der Waals surface area contributed by atoms with E-state index in [1.807, 2.05) is 18.2 Å². The summed E-state index contributed by atoms with van der Waals surface area (Å²) in [4.78, 5) is 12.4. The van der Waals surface area contributed by atoms with E-state index in [4.69, 9.17) is 9.15 Å². The normalized spacial score (nSPS) is 10.9. The largest absolute Gasteiger partial charge is 0.507 e. The monoisotopic (exact) mass is 327 g/mol. The molecule has 2 aromatic carbocycles. The van der Waals surface area contributed by atoms with Crippen LogP contribution in [-0.2, 0) is 0 Å². The number of fused-ring (bicyclic) bond motifs is 1. The highest BCUT2D eigenvalue weighted by molar-refractivity contribution is 5.91. The second-order valence-electron chi connectivity index (χ2n) is 5.24. The van der Waals surface area contributed by atoms with Gasteiger partial charge in [0.25, 0.3) is 0 Å². The Morgan fingerprint density at radius 3 is 2.58 bits per heavy atom. The van der Waals surface area contributed by atoms with Gasteiger partial charge in [0, 0.05) is 24.2 Å². The van der Waals surface area contributed by atoms with Crippen LogP contribution >= 0.6 is 0 Å². The van der Waals surface area contributed by atoms with Gasteiger partial charge in [-0.2, -0.15) is 0 Å². The maximum atomic E-state index is 12.4. The van der Waals surface area contributed by atoms with E-state index in [2.05, 4.69) is 5.32 Å². The molecule has 24 heavy (non-hydrogen) atoms. The third-order valence-electron chi connectivity index (χ3n) is 3.57. The van der Waals surface area contributed by atoms with Crippen molar-refractivity contribution >= 4 is 11.0 Å². The van der Waals surface area contributed by atoms with Gasteiger partial charge >= 0.3 is 0 Å². The maximum absolute atomic E-state index is 12.4. The summed E-state index contributed by atoms with van der Waals surface area (Å²) in [7, 11) is 1.77. The molecular weight excluding hydrogens is 310 g/mol. The van der Waals surface area contributed by atoms with Crippen LogP contribution in [0, 0.1) is 0 Å². The summed E-state index contributed by atoms with van der Waals surface area (Å²) in [5.41, 5.74) is 0.321. The van der Waals surface area contributed by atoms with E-state index < -0.39 is 5.43 Å². The smallest absolute Gasteiger partial charge is 0.205 e. The molecule has 0 aliphatic carbocycles. The molecule has 0 spiro atoms. The van der Waals surface area contributed by atoms with E-state index in [1.54, 1.807) is 19.2 Å². The van der Waals surface area contributed by atoms with Crippen molar-refractivity contribution in [1.29, 1.82) is 0 Å². The number of hydrogen-bond acceptors (Lipinski definition) is 6. The summed E-state index contributed by atoms with van der Waals surface area (Å²) in [5.74, 6) is -0.272. The van der Waals surface area contributed by atoms with E-state index in [9.17, 15) is 15.0 Å². The van der Waals surface area contributed by atoms with Gasteiger partial charge in [-0.15, -0.1) is 0 Å². The Labute approximate surface area is 137 Å². The van der Waals surface area contributed by atoms with Crippen molar-refractivity contribution in [3.63, 3.8) is 0 Å². The number of ether oxygens (including phenoxy) is 1. The van der Waals surface area contributed by atoms with Crippen LogP contribution in [-0.4, -0.2) is 30.4 Å². The minimum absolute atomic E-state index is 0.0214. The van der Waals surface area contributed by atoms with Gasteiger partial charge in [-0.05, 0) is 7.05 Å². The van der Waals surface area contributed by atoms with Crippen LogP contribution in [0.1, 0.15) is 0 Å². The molecule has 124 valence electrons. The third kappa shape index (κ3) is 2.91. The summed E-state index contributed by atoms with van der Waals surface area (Å²) in [6, 6.07) is 11.5. The first-order chi connectivity index (χ1) is 11.6. The van der Waals surface area contributed by atoms with Crippen molar-refractivity contribution in [2.24, 2.45) is 0 Å². The topological polar surface area (TPSA) is 91.9 Å². The minimum atomic E-state index is -0.411. The number of phenolic OH excluding ortho intramolecular Hbond substituents is 2. The molecule has 1 heterocycles. The average molecular weight is 327 g/mol. The van der Waals surface area contributed by atoms with Crippen LogP contribution in [0.25, 0.3) is 22.3 Å². The van der Waals surface area contributed by atoms with Gasteiger partial charge in [0.2, 0.25) is 5.75 Å². The standard InChI is InChI=1S/C18H17NO5/c1-19-7-8-23-17-14(22)9-12(20)16-13(21)10-15(24-18(16)17)11-5-3-2-4-6-11/h2-6,9-10,19-20,22H,7-8H2,1H3. The number of aromatic hydroxyl groups is 2. The molecule has 0 aliphatic heterocycles. The van der Waals surface area contributed by atoms with Crippen molar-refractivity contribution in [3.8, 4) is 28.6 Å². The Hall–Kier alpha value is -2.99. The Bertz CT molecular complexity index is 918. The van der Waals surface area contributed by atoms with Crippen molar-refractivity contribution < 1.29 is 19.4 Å². The molecule has 6 heteroatoms. The lowest BCUT2D eigenvalue weighted by atomic mass is 10.1. The van der Waals surface area contributed by atoms with E-state index >= 15 is 0 Å². The second kappa shape index (κ2) is 6.64. The molecule has 0 amide bonds. The molecule has 0 aliphatic rings. The number of rotatable bonds is 5. The molecule has 0 atom stereocenters. The van der Waals surface area contributed by atoms with E-state index in [0.29, 0.717) is 17.9 Å². The molecule has 3 rings (SSSR count). The van der Waals surface area contributed by atoms with Crippen LogP contribution in [0.3, 0.4) is 0 Å². The van der Waals surface area contributed by atoms with Gasteiger partial charge in [0.15, 0.2) is 16.8 Å². The lowest BCUT2D eigenvalue weighted by Gasteiger charge is -2.12. The molecule has 1 aromatic heterocycles. The molecule has 0 radical (unpaired) electrons. The number of phenols is 2. The Morgan fingerprint density at radius 1 is 1.12 bits per heavy atom. The number of benzene rings is 2. The average Bonchev–Trinajstić information content (AvgIpc) is 2.58. The Morgan fingerprint density at radius 2 is 1.88 bits per heavy atom. The van der Waals surface area contributed by atoms with Crippen molar-refractivity contribution in [2.45, 2.75) is 0 Å². The predicted octanol–water partition coefficient (Wildman–Crippen LogP) is 2.47. The summed E-state index contributed by atoms with van der Waals surface area (Å²) in [6.07, 6.45) is 0. The lowest BCUT2D eigenvalue weighted by Crippen LogP contribution is -2.16. The van der Waals surface area contributed by atoms with Crippen molar-refractivity contribution in [1.82, 2.24) is 5.32 Å². The molecule has 0 unspecified atom stereocenters. The molecule has 0 saturated heterocycles. The maximum Gasteiger partial charge on any atom is 0.205 e. The number of nitrogens with one attached hydrogen (secondary N) is 1. The first-order valence-electron chi connectivity index (χ1n) is 7.47. The van der Waals surface area contributed by atoms with E-state index in [-0.39, 0.29) is 34.8 Å². The van der Waals surface area contributed by atoms with E-state index in [1.165, 1.54) is 6.07 Å². The zero-order valence-electron chi connectivity index (χ0n) is 13.1. The van der Waals surface area contributed by atoms with Crippen LogP contribution in [0.2, 0.25) is 0 Å². The molecule has 0 fully saturated rings. The third-order valence-corrected chi connectivity index (χ3v) is 3.57. The first-order valence-corrected chi connectivity index (χ1v) is 7.47. The fourth-order valence-corrected chi connectivity index (χ4v) is 2.42. The van der Waals surface area contributed by atoms with E-state index in [0.717, 1.165) is 6.07 Å². The highest BCUT2D eigenvalue weighted by Gasteiger charge is 2.19. The fourth-order valence-electron chi connectivity index (χ4n) is 2.42. The minimum Gasteiger partial charge on any atom is -0.507 e. The van der Waals surface area contributed by atoms with Crippen LogP contribution in [0.4, 0.5) is 0 Å². The van der Waals surface area contributed by atoms with Gasteiger partial charge in [0.05, 0.1) is 0 Å². The molecule has 0 bridgehead atoms. The molecule has 6 nitrogen and oxygen atoms in total. The summed E-state index contributed by atoms with van der Waals surface area (Å²) >= 11 is 0. The SMILES string of the molecule is CNCCOc1c(O)cc(O)c2c(=O)cc(-c3ccccc3)oc12. The van der Waals surface area contributed by atoms with Gasteiger partial charge in [-0.25, -0.2) is 0 Å². The molecule has 0 saturated carbocycles. The zero-order valence-corrected chi connectivity index (χ0v) is 13.1. The van der Waals surface area contributed by atoms with Crippen molar-refractivity contribution in [3.05, 3.63) is 52.7 Å². The molecular formula is C18H17NO5. The van der Waals surface area contributed by atoms with Crippen LogP contribution < -0.4 is 15.5 Å². The summed E-state index contributed by atoms with van der Waals surface area (Å²) in [5, 5.41) is 23.0. The Balaban J connectivity index is 2.23. The predicted molar refractivity (Wildman–Crippen MR) is 90.7 cm³/mol. The fraction of sp³-hybridized carbons (Fsp3) is 0.167. The van der Waals surface area contributed by atoms with Crippen LogP contribution in [0.15, 0.2) is 51.7 Å². The zero-order chi connectivity index (χ0) is 17.1. The Kier molecular flexibility index (Phi) is 4.39. The van der Waals surface area contributed by atoms with Gasteiger partial charge in [-0.3, -0.25) is 4.79 Å².